The third-order valence-corrected chi connectivity index (χ3v) is 2.76. The SMILES string of the molecule is Cc1ccc(NC(=O)c2ccc(C#CCN)cn2)cc1F. The van der Waals surface area contributed by atoms with Crippen LogP contribution in [0.4, 0.5) is 10.1 Å². The first-order valence-electron chi connectivity index (χ1n) is 6.32. The lowest BCUT2D eigenvalue weighted by molar-refractivity contribution is 0.102. The fourth-order valence-corrected chi connectivity index (χ4v) is 1.62. The van der Waals surface area contributed by atoms with Crippen LogP contribution in [0.15, 0.2) is 36.5 Å². The van der Waals surface area contributed by atoms with Crippen molar-refractivity contribution in [2.75, 3.05) is 11.9 Å². The molecule has 0 aliphatic heterocycles. The van der Waals surface area contributed by atoms with E-state index >= 15 is 0 Å². The molecule has 106 valence electrons. The molecule has 1 heterocycles. The molecular weight excluding hydrogens is 269 g/mol. The number of aryl methyl sites for hydroxylation is 1. The number of carbonyl (C=O) groups excluding carboxylic acids is 1. The molecule has 0 unspecified atom stereocenters. The van der Waals surface area contributed by atoms with E-state index in [1.807, 2.05) is 0 Å². The van der Waals surface area contributed by atoms with Crippen molar-refractivity contribution in [3.8, 4) is 11.8 Å². The molecule has 5 heteroatoms. The predicted molar refractivity (Wildman–Crippen MR) is 79.3 cm³/mol. The molecule has 1 amide bonds. The summed E-state index contributed by atoms with van der Waals surface area (Å²) in [5.41, 5.74) is 7.09. The van der Waals surface area contributed by atoms with Gasteiger partial charge in [0, 0.05) is 17.4 Å². The number of nitrogens with two attached hydrogens (primary N) is 1. The number of carbonyl (C=O) groups is 1. The van der Waals surface area contributed by atoms with Gasteiger partial charge in [0.05, 0.1) is 6.54 Å². The number of hydrogen-bond acceptors (Lipinski definition) is 3. The van der Waals surface area contributed by atoms with Gasteiger partial charge >= 0.3 is 0 Å². The highest BCUT2D eigenvalue weighted by Gasteiger charge is 2.08. The monoisotopic (exact) mass is 283 g/mol. The minimum Gasteiger partial charge on any atom is -0.321 e. The van der Waals surface area contributed by atoms with Gasteiger partial charge in [-0.25, -0.2) is 9.37 Å². The first-order chi connectivity index (χ1) is 10.1. The summed E-state index contributed by atoms with van der Waals surface area (Å²) in [6.45, 7) is 1.92. The smallest absolute Gasteiger partial charge is 0.274 e. The Labute approximate surface area is 122 Å². The van der Waals surface area contributed by atoms with Gasteiger partial charge in [-0.15, -0.1) is 0 Å². The normalized spacial score (nSPS) is 9.67. The van der Waals surface area contributed by atoms with Gasteiger partial charge in [-0.05, 0) is 36.8 Å². The highest BCUT2D eigenvalue weighted by Crippen LogP contribution is 2.14. The number of halogens is 1. The second-order valence-electron chi connectivity index (χ2n) is 4.36. The molecule has 0 aliphatic carbocycles. The molecule has 4 nitrogen and oxygen atoms in total. The third-order valence-electron chi connectivity index (χ3n) is 2.76. The molecule has 0 saturated carbocycles. The average Bonchev–Trinajstić information content (AvgIpc) is 2.49. The van der Waals surface area contributed by atoms with Gasteiger partial charge in [-0.2, -0.15) is 0 Å². The Morgan fingerprint density at radius 3 is 2.81 bits per heavy atom. The molecule has 0 atom stereocenters. The van der Waals surface area contributed by atoms with E-state index in [1.165, 1.54) is 12.3 Å². The summed E-state index contributed by atoms with van der Waals surface area (Å²) >= 11 is 0. The minimum absolute atomic E-state index is 0.231. The van der Waals surface area contributed by atoms with Gasteiger partial charge in [-0.3, -0.25) is 4.79 Å². The number of nitrogens with one attached hydrogen (secondary N) is 1. The van der Waals surface area contributed by atoms with Crippen LogP contribution in [0, 0.1) is 24.6 Å². The van der Waals surface area contributed by atoms with Gasteiger partial charge in [0.2, 0.25) is 0 Å². The topological polar surface area (TPSA) is 68.0 Å². The van der Waals surface area contributed by atoms with Crippen LogP contribution in [-0.2, 0) is 0 Å². The molecule has 2 rings (SSSR count). The number of rotatable bonds is 2. The fraction of sp³-hybridized carbons (Fsp3) is 0.125. The first-order valence-corrected chi connectivity index (χ1v) is 6.32. The Kier molecular flexibility index (Phi) is 4.64. The first kappa shape index (κ1) is 14.7. The number of amides is 1. The number of hydrogen-bond donors (Lipinski definition) is 2. The molecule has 1 aromatic carbocycles. The second kappa shape index (κ2) is 6.64. The Balaban J connectivity index is 2.11. The fourth-order valence-electron chi connectivity index (χ4n) is 1.62. The van der Waals surface area contributed by atoms with Crippen molar-refractivity contribution in [3.05, 3.63) is 59.2 Å². The van der Waals surface area contributed by atoms with Crippen LogP contribution in [-0.4, -0.2) is 17.4 Å². The lowest BCUT2D eigenvalue weighted by Gasteiger charge is -2.06. The highest BCUT2D eigenvalue weighted by molar-refractivity contribution is 6.02. The van der Waals surface area contributed by atoms with Crippen LogP contribution >= 0.6 is 0 Å². The Morgan fingerprint density at radius 1 is 1.38 bits per heavy atom. The van der Waals surface area contributed by atoms with Crippen LogP contribution in [0.1, 0.15) is 21.6 Å². The summed E-state index contributed by atoms with van der Waals surface area (Å²) in [6, 6.07) is 7.75. The maximum Gasteiger partial charge on any atom is 0.274 e. The minimum atomic E-state index is -0.406. The largest absolute Gasteiger partial charge is 0.321 e. The summed E-state index contributed by atoms with van der Waals surface area (Å²) in [5, 5.41) is 2.59. The van der Waals surface area contributed by atoms with Crippen LogP contribution in [0.2, 0.25) is 0 Å². The number of anilines is 1. The molecule has 0 spiro atoms. The Morgan fingerprint density at radius 2 is 2.19 bits per heavy atom. The van der Waals surface area contributed by atoms with Crippen molar-refractivity contribution in [2.24, 2.45) is 5.73 Å². The maximum absolute atomic E-state index is 13.4. The molecule has 21 heavy (non-hydrogen) atoms. The summed E-state index contributed by atoms with van der Waals surface area (Å²) in [6.07, 6.45) is 1.49. The van der Waals surface area contributed by atoms with E-state index in [2.05, 4.69) is 22.1 Å². The van der Waals surface area contributed by atoms with Crippen molar-refractivity contribution in [2.45, 2.75) is 6.92 Å². The molecule has 0 bridgehead atoms. The van der Waals surface area contributed by atoms with Crippen LogP contribution in [0.25, 0.3) is 0 Å². The van der Waals surface area contributed by atoms with E-state index in [-0.39, 0.29) is 18.1 Å². The van der Waals surface area contributed by atoms with Gasteiger partial charge in [-0.1, -0.05) is 17.9 Å². The summed E-state index contributed by atoms with van der Waals surface area (Å²) < 4.78 is 13.4. The number of pyridine rings is 1. The molecule has 0 radical (unpaired) electrons. The van der Waals surface area contributed by atoms with Crippen molar-refractivity contribution >= 4 is 11.6 Å². The molecule has 2 aromatic rings. The van der Waals surface area contributed by atoms with Crippen LogP contribution in [0.3, 0.4) is 0 Å². The zero-order chi connectivity index (χ0) is 15.2. The van der Waals surface area contributed by atoms with E-state index < -0.39 is 5.91 Å². The molecule has 0 fully saturated rings. The highest BCUT2D eigenvalue weighted by atomic mass is 19.1. The number of aromatic nitrogens is 1. The molecule has 0 aliphatic rings. The quantitative estimate of drug-likeness (QED) is 0.829. The number of benzene rings is 1. The summed E-state index contributed by atoms with van der Waals surface area (Å²) in [5.74, 6) is 4.74. The van der Waals surface area contributed by atoms with Crippen LogP contribution < -0.4 is 11.1 Å². The maximum atomic E-state index is 13.4. The second-order valence-corrected chi connectivity index (χ2v) is 4.36. The van der Waals surface area contributed by atoms with Crippen molar-refractivity contribution < 1.29 is 9.18 Å². The van der Waals surface area contributed by atoms with Crippen LogP contribution in [0.5, 0.6) is 0 Å². The van der Waals surface area contributed by atoms with Crippen molar-refractivity contribution in [1.29, 1.82) is 0 Å². The zero-order valence-electron chi connectivity index (χ0n) is 11.5. The standard InChI is InChI=1S/C16H14FN3O/c1-11-4-6-13(9-14(11)17)20-16(21)15-7-5-12(10-19-15)3-2-8-18/h4-7,9-10H,8,18H2,1H3,(H,20,21). The van der Waals surface area contributed by atoms with E-state index in [0.29, 0.717) is 16.8 Å². The molecule has 3 N–H and O–H groups in total. The Hall–Kier alpha value is -2.71. The lowest BCUT2D eigenvalue weighted by Crippen LogP contribution is -2.13. The van der Waals surface area contributed by atoms with E-state index in [9.17, 15) is 9.18 Å². The van der Waals surface area contributed by atoms with Crippen molar-refractivity contribution in [3.63, 3.8) is 0 Å². The third kappa shape index (κ3) is 3.88. The average molecular weight is 283 g/mol. The summed E-state index contributed by atoms with van der Waals surface area (Å²) in [4.78, 5) is 16.0. The molecule has 1 aromatic heterocycles. The van der Waals surface area contributed by atoms with Crippen molar-refractivity contribution in [1.82, 2.24) is 4.98 Å². The molecular formula is C16H14FN3O. The zero-order valence-corrected chi connectivity index (χ0v) is 11.5. The van der Waals surface area contributed by atoms with Gasteiger partial charge in [0.15, 0.2) is 0 Å². The Bertz CT molecular complexity index is 715. The van der Waals surface area contributed by atoms with E-state index in [1.54, 1.807) is 31.2 Å². The summed E-state index contributed by atoms with van der Waals surface area (Å²) in [7, 11) is 0. The van der Waals surface area contributed by atoms with Gasteiger partial charge in [0.25, 0.3) is 5.91 Å². The van der Waals surface area contributed by atoms with E-state index in [4.69, 9.17) is 5.73 Å². The van der Waals surface area contributed by atoms with E-state index in [0.717, 1.165) is 0 Å². The van der Waals surface area contributed by atoms with Gasteiger partial charge < -0.3 is 11.1 Å². The predicted octanol–water partition coefficient (Wildman–Crippen LogP) is 2.09. The number of nitrogens with zero attached hydrogens (tertiary/aromatic N) is 1. The molecule has 0 saturated heterocycles. The van der Waals surface area contributed by atoms with Gasteiger partial charge in [0.1, 0.15) is 11.5 Å². The lowest BCUT2D eigenvalue weighted by atomic mass is 10.2.